The Morgan fingerprint density at radius 1 is 1.23 bits per heavy atom. The van der Waals surface area contributed by atoms with Gasteiger partial charge >= 0.3 is 0 Å². The van der Waals surface area contributed by atoms with Gasteiger partial charge in [-0.2, -0.15) is 4.98 Å². The van der Waals surface area contributed by atoms with Crippen LogP contribution in [0.4, 0.5) is 4.39 Å². The van der Waals surface area contributed by atoms with E-state index in [1.54, 1.807) is 17.3 Å². The standard InChI is InChI=1S/C22H22FN5O2/c23-18-13-25-9-6-17(18)20(29)28-10-2-7-22(14-28,11-15-4-5-15)21-26-19(30-27-21)16-3-1-8-24-12-16/h1,3,6,8-9,12-13,15H,2,4-5,7,10-11,14H2. The fourth-order valence-electron chi connectivity index (χ4n) is 4.38. The first-order valence-electron chi connectivity index (χ1n) is 10.3. The number of hydrogen-bond acceptors (Lipinski definition) is 6. The van der Waals surface area contributed by atoms with Crippen LogP contribution >= 0.6 is 0 Å². The minimum Gasteiger partial charge on any atom is -0.338 e. The number of piperidine rings is 1. The first-order chi connectivity index (χ1) is 14.6. The Bertz CT molecular complexity index is 1050. The molecule has 3 aromatic rings. The second kappa shape index (κ2) is 7.59. The largest absolute Gasteiger partial charge is 0.338 e. The molecule has 1 aliphatic carbocycles. The van der Waals surface area contributed by atoms with Crippen LogP contribution in [-0.2, 0) is 5.41 Å². The zero-order valence-electron chi connectivity index (χ0n) is 16.5. The molecule has 3 aromatic heterocycles. The molecule has 1 atom stereocenters. The summed E-state index contributed by atoms with van der Waals surface area (Å²) in [6.07, 6.45) is 10.8. The highest BCUT2D eigenvalue weighted by molar-refractivity contribution is 5.94. The van der Waals surface area contributed by atoms with E-state index in [1.807, 2.05) is 12.1 Å². The van der Waals surface area contributed by atoms with Crippen molar-refractivity contribution in [2.24, 2.45) is 5.92 Å². The topological polar surface area (TPSA) is 85.0 Å². The van der Waals surface area contributed by atoms with E-state index in [0.717, 1.165) is 31.0 Å². The highest BCUT2D eigenvalue weighted by Gasteiger charge is 2.46. The summed E-state index contributed by atoms with van der Waals surface area (Å²) in [5.41, 5.74) is 0.430. The van der Waals surface area contributed by atoms with E-state index in [0.29, 0.717) is 30.7 Å². The molecular formula is C22H22FN5O2. The van der Waals surface area contributed by atoms with Gasteiger partial charge < -0.3 is 9.42 Å². The lowest BCUT2D eigenvalue weighted by molar-refractivity contribution is 0.0602. The van der Waals surface area contributed by atoms with Crippen molar-refractivity contribution < 1.29 is 13.7 Å². The predicted molar refractivity (Wildman–Crippen MR) is 106 cm³/mol. The summed E-state index contributed by atoms with van der Waals surface area (Å²) < 4.78 is 19.7. The Labute approximate surface area is 173 Å². The number of hydrogen-bond donors (Lipinski definition) is 0. The zero-order valence-corrected chi connectivity index (χ0v) is 16.5. The summed E-state index contributed by atoms with van der Waals surface area (Å²) in [6, 6.07) is 5.13. The average Bonchev–Trinajstić information content (AvgIpc) is 3.44. The molecule has 1 saturated heterocycles. The van der Waals surface area contributed by atoms with Crippen molar-refractivity contribution in [1.29, 1.82) is 0 Å². The van der Waals surface area contributed by atoms with E-state index in [1.165, 1.54) is 25.1 Å². The van der Waals surface area contributed by atoms with Gasteiger partial charge in [-0.05, 0) is 43.4 Å². The second-order valence-corrected chi connectivity index (χ2v) is 8.28. The molecule has 0 spiro atoms. The summed E-state index contributed by atoms with van der Waals surface area (Å²) >= 11 is 0. The van der Waals surface area contributed by atoms with Gasteiger partial charge in [-0.3, -0.25) is 14.8 Å². The molecule has 1 amide bonds. The normalized spacial score (nSPS) is 21.6. The van der Waals surface area contributed by atoms with Crippen molar-refractivity contribution in [3.63, 3.8) is 0 Å². The summed E-state index contributed by atoms with van der Waals surface area (Å²) in [6.45, 7) is 1.04. The third kappa shape index (κ3) is 3.58. The molecular weight excluding hydrogens is 385 g/mol. The third-order valence-electron chi connectivity index (χ3n) is 6.05. The van der Waals surface area contributed by atoms with E-state index in [-0.39, 0.29) is 16.9 Å². The first kappa shape index (κ1) is 18.8. The molecule has 30 heavy (non-hydrogen) atoms. The minimum atomic E-state index is -0.598. The van der Waals surface area contributed by atoms with E-state index in [9.17, 15) is 9.18 Å². The third-order valence-corrected chi connectivity index (χ3v) is 6.05. The Balaban J connectivity index is 1.46. The van der Waals surface area contributed by atoms with Crippen LogP contribution in [0.2, 0.25) is 0 Å². The average molecular weight is 407 g/mol. The summed E-state index contributed by atoms with van der Waals surface area (Å²) in [5.74, 6) is 0.751. The van der Waals surface area contributed by atoms with Crippen LogP contribution in [0.1, 0.15) is 48.3 Å². The fourth-order valence-corrected chi connectivity index (χ4v) is 4.38. The van der Waals surface area contributed by atoms with E-state index in [4.69, 9.17) is 9.51 Å². The lowest BCUT2D eigenvalue weighted by Gasteiger charge is -2.41. The molecule has 0 bridgehead atoms. The van der Waals surface area contributed by atoms with Gasteiger partial charge in [0.15, 0.2) is 11.6 Å². The molecule has 0 N–H and O–H groups in total. The zero-order chi connectivity index (χ0) is 20.6. The van der Waals surface area contributed by atoms with Crippen LogP contribution in [0, 0.1) is 11.7 Å². The molecule has 2 fully saturated rings. The molecule has 1 aliphatic heterocycles. The maximum absolute atomic E-state index is 14.2. The number of halogens is 1. The van der Waals surface area contributed by atoms with Gasteiger partial charge in [0, 0.05) is 31.7 Å². The van der Waals surface area contributed by atoms with Crippen molar-refractivity contribution in [1.82, 2.24) is 25.0 Å². The highest BCUT2D eigenvalue weighted by Crippen LogP contribution is 2.46. The van der Waals surface area contributed by atoms with Crippen LogP contribution < -0.4 is 0 Å². The first-order valence-corrected chi connectivity index (χ1v) is 10.3. The summed E-state index contributed by atoms with van der Waals surface area (Å²) in [5, 5.41) is 4.32. The molecule has 8 heteroatoms. The lowest BCUT2D eigenvalue weighted by Crippen LogP contribution is -2.49. The van der Waals surface area contributed by atoms with Crippen LogP contribution in [0.15, 0.2) is 47.5 Å². The van der Waals surface area contributed by atoms with Crippen LogP contribution in [0.25, 0.3) is 11.5 Å². The summed E-state index contributed by atoms with van der Waals surface area (Å²) in [7, 11) is 0. The van der Waals surface area contributed by atoms with Gasteiger partial charge in [-0.15, -0.1) is 0 Å². The number of amides is 1. The molecule has 7 nitrogen and oxygen atoms in total. The van der Waals surface area contributed by atoms with Crippen LogP contribution in [0.5, 0.6) is 0 Å². The Hall–Kier alpha value is -3.16. The summed E-state index contributed by atoms with van der Waals surface area (Å²) in [4.78, 5) is 27.3. The number of carbonyl (C=O) groups excluding carboxylic acids is 1. The molecule has 154 valence electrons. The number of pyridine rings is 2. The monoisotopic (exact) mass is 407 g/mol. The number of carbonyl (C=O) groups is 1. The van der Waals surface area contributed by atoms with E-state index in [2.05, 4.69) is 15.1 Å². The van der Waals surface area contributed by atoms with E-state index >= 15 is 0 Å². The van der Waals surface area contributed by atoms with Gasteiger partial charge in [0.25, 0.3) is 11.8 Å². The molecule has 0 aromatic carbocycles. The molecule has 5 rings (SSSR count). The van der Waals surface area contributed by atoms with Gasteiger partial charge in [0.1, 0.15) is 0 Å². The van der Waals surface area contributed by atoms with Crippen LogP contribution in [0.3, 0.4) is 0 Å². The SMILES string of the molecule is O=C(c1ccncc1F)N1CCCC(CC2CC2)(c2noc(-c3cccnc3)n2)C1. The highest BCUT2D eigenvalue weighted by atomic mass is 19.1. The maximum atomic E-state index is 14.2. The molecule has 1 unspecified atom stereocenters. The lowest BCUT2D eigenvalue weighted by atomic mass is 9.74. The number of rotatable bonds is 5. The molecule has 1 saturated carbocycles. The van der Waals surface area contributed by atoms with Gasteiger partial charge in [-0.1, -0.05) is 18.0 Å². The number of nitrogens with zero attached hydrogens (tertiary/aromatic N) is 5. The number of aromatic nitrogens is 4. The Morgan fingerprint density at radius 2 is 2.10 bits per heavy atom. The van der Waals surface area contributed by atoms with Crippen molar-refractivity contribution >= 4 is 5.91 Å². The maximum Gasteiger partial charge on any atom is 0.259 e. The fraction of sp³-hybridized carbons (Fsp3) is 0.409. The van der Waals surface area contributed by atoms with Gasteiger partial charge in [-0.25, -0.2) is 4.39 Å². The van der Waals surface area contributed by atoms with Gasteiger partial charge in [0.05, 0.1) is 22.7 Å². The van der Waals surface area contributed by atoms with Crippen molar-refractivity contribution in [3.05, 3.63) is 60.2 Å². The molecule has 0 radical (unpaired) electrons. The molecule has 4 heterocycles. The van der Waals surface area contributed by atoms with Gasteiger partial charge in [0.2, 0.25) is 0 Å². The minimum absolute atomic E-state index is 0.0522. The number of likely N-dealkylation sites (tertiary alicyclic amines) is 1. The van der Waals surface area contributed by atoms with Crippen molar-refractivity contribution in [2.45, 2.75) is 37.5 Å². The molecule has 2 aliphatic rings. The van der Waals surface area contributed by atoms with Crippen molar-refractivity contribution in [2.75, 3.05) is 13.1 Å². The Morgan fingerprint density at radius 3 is 2.87 bits per heavy atom. The smallest absolute Gasteiger partial charge is 0.259 e. The van der Waals surface area contributed by atoms with Crippen LogP contribution in [-0.4, -0.2) is 44.0 Å². The predicted octanol–water partition coefficient (Wildman–Crippen LogP) is 3.64. The van der Waals surface area contributed by atoms with E-state index < -0.39 is 5.82 Å². The second-order valence-electron chi connectivity index (χ2n) is 8.28. The quantitative estimate of drug-likeness (QED) is 0.642. The van der Waals surface area contributed by atoms with Crippen molar-refractivity contribution in [3.8, 4) is 11.5 Å². The Kier molecular flexibility index (Phi) is 4.77.